The summed E-state index contributed by atoms with van der Waals surface area (Å²) < 4.78 is 5.60. The van der Waals surface area contributed by atoms with Gasteiger partial charge in [0.25, 0.3) is 5.91 Å². The van der Waals surface area contributed by atoms with Gasteiger partial charge >= 0.3 is 0 Å². The van der Waals surface area contributed by atoms with Gasteiger partial charge in [-0.3, -0.25) is 9.69 Å². The number of thiazole rings is 1. The Kier molecular flexibility index (Phi) is 6.45. The van der Waals surface area contributed by atoms with Gasteiger partial charge in [0.15, 0.2) is 0 Å². The van der Waals surface area contributed by atoms with Gasteiger partial charge in [-0.1, -0.05) is 48.5 Å². The molecule has 1 fully saturated rings. The molecule has 0 saturated carbocycles. The van der Waals surface area contributed by atoms with E-state index in [0.717, 1.165) is 40.7 Å². The number of rotatable bonds is 7. The van der Waals surface area contributed by atoms with Crippen molar-refractivity contribution in [1.29, 1.82) is 0 Å². The van der Waals surface area contributed by atoms with Gasteiger partial charge in [-0.15, -0.1) is 11.3 Å². The van der Waals surface area contributed by atoms with Crippen LogP contribution in [0.25, 0.3) is 10.6 Å². The Labute approximate surface area is 181 Å². The van der Waals surface area contributed by atoms with Crippen molar-refractivity contribution >= 4 is 17.2 Å². The van der Waals surface area contributed by atoms with Crippen LogP contribution in [0.4, 0.5) is 0 Å². The van der Waals surface area contributed by atoms with Crippen LogP contribution in [0.15, 0.2) is 54.6 Å². The van der Waals surface area contributed by atoms with Crippen molar-refractivity contribution in [3.63, 3.8) is 0 Å². The summed E-state index contributed by atoms with van der Waals surface area (Å²) in [5.74, 6) is 0.801. The normalized spacial score (nSPS) is 15.1. The molecule has 30 heavy (non-hydrogen) atoms. The van der Waals surface area contributed by atoms with Crippen molar-refractivity contribution in [2.45, 2.75) is 25.8 Å². The number of methoxy groups -OCH3 is 1. The number of nitrogens with one attached hydrogen (secondary N) is 1. The number of benzene rings is 2. The van der Waals surface area contributed by atoms with Crippen molar-refractivity contribution in [2.24, 2.45) is 0 Å². The number of para-hydroxylation sites is 1. The number of carbonyl (C=O) groups excluding carboxylic acids is 1. The Bertz CT molecular complexity index is 997. The van der Waals surface area contributed by atoms with E-state index in [1.807, 2.05) is 55.5 Å². The van der Waals surface area contributed by atoms with Crippen molar-refractivity contribution in [3.05, 3.63) is 70.7 Å². The van der Waals surface area contributed by atoms with Crippen LogP contribution < -0.4 is 10.1 Å². The molecule has 0 aliphatic carbocycles. The van der Waals surface area contributed by atoms with Gasteiger partial charge in [0, 0.05) is 17.7 Å². The summed E-state index contributed by atoms with van der Waals surface area (Å²) in [6, 6.07) is 18.2. The molecule has 1 atom stereocenters. The number of carbonyl (C=O) groups is 1. The Hall–Kier alpha value is -2.70. The summed E-state index contributed by atoms with van der Waals surface area (Å²) in [7, 11) is 1.70. The first-order chi connectivity index (χ1) is 14.7. The first-order valence-corrected chi connectivity index (χ1v) is 11.2. The minimum Gasteiger partial charge on any atom is -0.496 e. The second-order valence-electron chi connectivity index (χ2n) is 7.51. The number of amides is 1. The van der Waals surface area contributed by atoms with Gasteiger partial charge < -0.3 is 10.1 Å². The fraction of sp³-hybridized carbons (Fsp3) is 0.333. The lowest BCUT2D eigenvalue weighted by atomic mass is 10.0. The highest BCUT2D eigenvalue weighted by Gasteiger charge is 2.27. The highest BCUT2D eigenvalue weighted by atomic mass is 32.1. The zero-order valence-electron chi connectivity index (χ0n) is 17.4. The average molecular weight is 422 g/mol. The van der Waals surface area contributed by atoms with Gasteiger partial charge in [-0.2, -0.15) is 0 Å². The molecular formula is C24H27N3O2S. The van der Waals surface area contributed by atoms with Gasteiger partial charge in [-0.25, -0.2) is 4.98 Å². The summed E-state index contributed by atoms with van der Waals surface area (Å²) in [6.45, 7) is 4.51. The molecule has 0 radical (unpaired) electrons. The number of hydrogen-bond donors (Lipinski definition) is 1. The number of aromatic nitrogens is 1. The lowest BCUT2D eigenvalue weighted by Gasteiger charge is -2.29. The van der Waals surface area contributed by atoms with Crippen LogP contribution in [0, 0.1) is 6.92 Å². The number of hydrogen-bond acceptors (Lipinski definition) is 5. The standard InChI is InChI=1S/C24H27N3O2S/c1-17-22(30-24(26-17)18-10-4-3-5-11-18)23(28)25-16-20(27-14-8-9-15-27)19-12-6-7-13-21(19)29-2/h3-7,10-13,20H,8-9,14-16H2,1-2H3,(H,25,28)/t20-/m1/s1. The minimum absolute atomic E-state index is 0.0636. The van der Waals surface area contributed by atoms with Crippen LogP contribution >= 0.6 is 11.3 Å². The molecule has 1 saturated heterocycles. The third-order valence-electron chi connectivity index (χ3n) is 5.56. The predicted molar refractivity (Wildman–Crippen MR) is 121 cm³/mol. The zero-order valence-corrected chi connectivity index (χ0v) is 18.2. The largest absolute Gasteiger partial charge is 0.496 e. The molecule has 1 aliphatic heterocycles. The van der Waals surface area contributed by atoms with Crippen LogP contribution in [0.2, 0.25) is 0 Å². The van der Waals surface area contributed by atoms with E-state index in [4.69, 9.17) is 4.74 Å². The van der Waals surface area contributed by atoms with Crippen LogP contribution in [0.1, 0.15) is 39.8 Å². The number of ether oxygens (including phenoxy) is 1. The average Bonchev–Trinajstić information content (AvgIpc) is 3.45. The van der Waals surface area contributed by atoms with E-state index in [1.54, 1.807) is 7.11 Å². The fourth-order valence-corrected chi connectivity index (χ4v) is 5.00. The Morgan fingerprint density at radius 1 is 1.13 bits per heavy atom. The molecule has 6 heteroatoms. The second-order valence-corrected chi connectivity index (χ2v) is 8.51. The molecule has 0 unspecified atom stereocenters. The molecule has 3 aromatic rings. The first-order valence-electron chi connectivity index (χ1n) is 10.4. The topological polar surface area (TPSA) is 54.5 Å². The minimum atomic E-state index is -0.0636. The number of aryl methyl sites for hydroxylation is 1. The third-order valence-corrected chi connectivity index (χ3v) is 6.76. The number of nitrogens with zero attached hydrogens (tertiary/aromatic N) is 2. The van der Waals surface area contributed by atoms with Crippen molar-refractivity contribution in [3.8, 4) is 16.3 Å². The lowest BCUT2D eigenvalue weighted by Crippen LogP contribution is -2.37. The maximum atomic E-state index is 13.0. The summed E-state index contributed by atoms with van der Waals surface area (Å²) >= 11 is 1.45. The summed E-state index contributed by atoms with van der Waals surface area (Å²) in [4.78, 5) is 20.8. The third kappa shape index (κ3) is 4.40. The monoisotopic (exact) mass is 421 g/mol. The lowest BCUT2D eigenvalue weighted by molar-refractivity contribution is 0.0940. The van der Waals surface area contributed by atoms with E-state index in [2.05, 4.69) is 21.3 Å². The summed E-state index contributed by atoms with van der Waals surface area (Å²) in [6.07, 6.45) is 2.38. The molecule has 5 nitrogen and oxygen atoms in total. The quantitative estimate of drug-likeness (QED) is 0.601. The molecule has 0 bridgehead atoms. The molecule has 156 valence electrons. The van der Waals surface area contributed by atoms with Crippen molar-refractivity contribution in [1.82, 2.24) is 15.2 Å². The number of likely N-dealkylation sites (tertiary alicyclic amines) is 1. The highest BCUT2D eigenvalue weighted by Crippen LogP contribution is 2.32. The second kappa shape index (κ2) is 9.41. The van der Waals surface area contributed by atoms with Gasteiger partial charge in [-0.05, 0) is 38.9 Å². The van der Waals surface area contributed by atoms with Gasteiger partial charge in [0.05, 0.1) is 18.8 Å². The Balaban J connectivity index is 1.52. The first kappa shape index (κ1) is 20.6. The molecule has 1 aromatic heterocycles. The van der Waals surface area contributed by atoms with E-state index in [0.29, 0.717) is 11.4 Å². The molecule has 1 amide bonds. The molecule has 2 aromatic carbocycles. The van der Waals surface area contributed by atoms with Crippen LogP contribution in [-0.4, -0.2) is 42.5 Å². The fourth-order valence-electron chi connectivity index (χ4n) is 4.01. The van der Waals surface area contributed by atoms with E-state index in [9.17, 15) is 4.79 Å². The highest BCUT2D eigenvalue weighted by molar-refractivity contribution is 7.17. The van der Waals surface area contributed by atoms with Gasteiger partial charge in [0.1, 0.15) is 15.6 Å². The summed E-state index contributed by atoms with van der Waals surface area (Å²) in [5, 5.41) is 4.04. The molecule has 0 spiro atoms. The van der Waals surface area contributed by atoms with Crippen molar-refractivity contribution in [2.75, 3.05) is 26.7 Å². The zero-order chi connectivity index (χ0) is 20.9. The Morgan fingerprint density at radius 2 is 1.83 bits per heavy atom. The SMILES string of the molecule is COc1ccccc1[C@@H](CNC(=O)c1sc(-c2ccccc2)nc1C)N1CCCC1. The Morgan fingerprint density at radius 3 is 2.57 bits per heavy atom. The van der Waals surface area contributed by atoms with Crippen molar-refractivity contribution < 1.29 is 9.53 Å². The van der Waals surface area contributed by atoms with E-state index < -0.39 is 0 Å². The molecular weight excluding hydrogens is 394 g/mol. The van der Waals surface area contributed by atoms with E-state index in [1.165, 1.54) is 24.2 Å². The summed E-state index contributed by atoms with van der Waals surface area (Å²) in [5.41, 5.74) is 2.92. The maximum Gasteiger partial charge on any atom is 0.263 e. The maximum absolute atomic E-state index is 13.0. The van der Waals surface area contributed by atoms with Crippen LogP contribution in [0.5, 0.6) is 5.75 Å². The van der Waals surface area contributed by atoms with Gasteiger partial charge in [0.2, 0.25) is 0 Å². The molecule has 1 aliphatic rings. The predicted octanol–water partition coefficient (Wildman–Crippen LogP) is 4.69. The molecule has 1 N–H and O–H groups in total. The van der Waals surface area contributed by atoms with E-state index >= 15 is 0 Å². The molecule has 4 rings (SSSR count). The van der Waals surface area contributed by atoms with Crippen LogP contribution in [0.3, 0.4) is 0 Å². The smallest absolute Gasteiger partial charge is 0.263 e. The molecule has 2 heterocycles. The van der Waals surface area contributed by atoms with Crippen LogP contribution in [-0.2, 0) is 0 Å². The van der Waals surface area contributed by atoms with E-state index in [-0.39, 0.29) is 11.9 Å².